The van der Waals surface area contributed by atoms with Crippen LogP contribution in [0.15, 0.2) is 79.0 Å². The van der Waals surface area contributed by atoms with E-state index < -0.39 is 0 Å². The molecule has 1 aromatic heterocycles. The van der Waals surface area contributed by atoms with Crippen LogP contribution < -0.4 is 4.74 Å². The molecule has 0 spiro atoms. The van der Waals surface area contributed by atoms with Gasteiger partial charge in [0.15, 0.2) is 0 Å². The van der Waals surface area contributed by atoms with Crippen LogP contribution in [0.25, 0.3) is 10.9 Å². The number of aromatic amines is 1. The van der Waals surface area contributed by atoms with E-state index in [0.717, 1.165) is 16.5 Å². The quantitative estimate of drug-likeness (QED) is 0.242. The van der Waals surface area contributed by atoms with E-state index in [1.165, 1.54) is 11.1 Å². The molecule has 0 aliphatic carbocycles. The molecule has 0 saturated heterocycles. The van der Waals surface area contributed by atoms with Gasteiger partial charge in [-0.05, 0) is 61.2 Å². The number of H-pyrrole nitrogens is 1. The largest absolute Gasteiger partial charge is 0.497 e. The molecule has 0 fully saturated rings. The van der Waals surface area contributed by atoms with Gasteiger partial charge >= 0.3 is 0 Å². The van der Waals surface area contributed by atoms with E-state index in [2.05, 4.69) is 41.4 Å². The molecule has 0 aliphatic rings. The van der Waals surface area contributed by atoms with Crippen LogP contribution in [-0.4, -0.2) is 67.1 Å². The minimum absolute atomic E-state index is 0.00563. The van der Waals surface area contributed by atoms with Gasteiger partial charge in [0, 0.05) is 56.0 Å². The standard InChI is InChI=1S/C32H37N3O4/c1-24-9-11-25(12-10-24)22-34(19-17-27-21-33-30-8-5-4-7-29(27)30)31(36)23-35(18-6-20-38-2)32(37)26-13-15-28(39-3)16-14-26/h4-5,7-16,21,33H,6,17-20,22-23H2,1-3H3. The van der Waals surface area contributed by atoms with Gasteiger partial charge in [-0.3, -0.25) is 9.59 Å². The van der Waals surface area contributed by atoms with Crippen LogP contribution in [-0.2, 0) is 22.5 Å². The van der Waals surface area contributed by atoms with Crippen LogP contribution in [0.2, 0.25) is 0 Å². The van der Waals surface area contributed by atoms with E-state index in [9.17, 15) is 9.59 Å². The zero-order valence-corrected chi connectivity index (χ0v) is 23.0. The lowest BCUT2D eigenvalue weighted by Crippen LogP contribution is -2.44. The van der Waals surface area contributed by atoms with Gasteiger partial charge in [0.1, 0.15) is 12.3 Å². The molecule has 0 bridgehead atoms. The minimum Gasteiger partial charge on any atom is -0.497 e. The maximum atomic E-state index is 13.8. The van der Waals surface area contributed by atoms with Gasteiger partial charge in [0.05, 0.1) is 7.11 Å². The van der Waals surface area contributed by atoms with Crippen molar-refractivity contribution in [2.24, 2.45) is 0 Å². The number of nitrogens with zero attached hydrogens (tertiary/aromatic N) is 2. The summed E-state index contributed by atoms with van der Waals surface area (Å²) in [5.74, 6) is 0.402. The first kappa shape index (κ1) is 27.9. The number of amides is 2. The Morgan fingerprint density at radius 1 is 0.872 bits per heavy atom. The number of carbonyl (C=O) groups is 2. The number of rotatable bonds is 13. The third-order valence-corrected chi connectivity index (χ3v) is 6.90. The summed E-state index contributed by atoms with van der Waals surface area (Å²) in [6.07, 6.45) is 3.36. The summed E-state index contributed by atoms with van der Waals surface area (Å²) >= 11 is 0. The lowest BCUT2D eigenvalue weighted by Gasteiger charge is -2.28. The van der Waals surface area contributed by atoms with E-state index in [4.69, 9.17) is 9.47 Å². The van der Waals surface area contributed by atoms with Crippen molar-refractivity contribution in [3.63, 3.8) is 0 Å². The zero-order valence-electron chi connectivity index (χ0n) is 23.0. The predicted molar refractivity (Wildman–Crippen MR) is 154 cm³/mol. The molecule has 0 aliphatic heterocycles. The lowest BCUT2D eigenvalue weighted by atomic mass is 10.1. The van der Waals surface area contributed by atoms with Gasteiger partial charge in [-0.25, -0.2) is 0 Å². The molecular weight excluding hydrogens is 490 g/mol. The first-order chi connectivity index (χ1) is 19.0. The fraction of sp³-hybridized carbons (Fsp3) is 0.312. The van der Waals surface area contributed by atoms with Gasteiger partial charge in [0.2, 0.25) is 5.91 Å². The highest BCUT2D eigenvalue weighted by Gasteiger charge is 2.23. The Morgan fingerprint density at radius 3 is 2.33 bits per heavy atom. The first-order valence-electron chi connectivity index (χ1n) is 13.3. The molecule has 0 atom stereocenters. The molecule has 1 heterocycles. The first-order valence-corrected chi connectivity index (χ1v) is 13.3. The molecular formula is C32H37N3O4. The molecule has 39 heavy (non-hydrogen) atoms. The van der Waals surface area contributed by atoms with Crippen LogP contribution in [0, 0.1) is 6.92 Å². The molecule has 7 nitrogen and oxygen atoms in total. The summed E-state index contributed by atoms with van der Waals surface area (Å²) in [7, 11) is 3.22. The average Bonchev–Trinajstić information content (AvgIpc) is 3.38. The predicted octanol–water partition coefficient (Wildman–Crippen LogP) is 5.24. The molecule has 4 rings (SSSR count). The number of methoxy groups -OCH3 is 2. The highest BCUT2D eigenvalue weighted by atomic mass is 16.5. The van der Waals surface area contributed by atoms with Crippen molar-refractivity contribution < 1.29 is 19.1 Å². The summed E-state index contributed by atoms with van der Waals surface area (Å²) in [5.41, 5.74) is 4.99. The smallest absolute Gasteiger partial charge is 0.254 e. The second-order valence-corrected chi connectivity index (χ2v) is 9.71. The Bertz CT molecular complexity index is 1360. The number of ether oxygens (including phenoxy) is 2. The Kier molecular flexibility index (Phi) is 9.75. The summed E-state index contributed by atoms with van der Waals surface area (Å²) < 4.78 is 10.4. The van der Waals surface area contributed by atoms with Crippen LogP contribution in [0.5, 0.6) is 5.75 Å². The van der Waals surface area contributed by atoms with Gasteiger partial charge in [-0.1, -0.05) is 48.0 Å². The zero-order chi connectivity index (χ0) is 27.6. The van der Waals surface area contributed by atoms with Gasteiger partial charge in [-0.15, -0.1) is 0 Å². The molecule has 4 aromatic rings. The molecule has 0 radical (unpaired) electrons. The van der Waals surface area contributed by atoms with Crippen LogP contribution >= 0.6 is 0 Å². The average molecular weight is 528 g/mol. The normalized spacial score (nSPS) is 10.9. The van der Waals surface area contributed by atoms with Crippen molar-refractivity contribution >= 4 is 22.7 Å². The molecule has 7 heteroatoms. The Labute approximate surface area is 230 Å². The van der Waals surface area contributed by atoms with Crippen molar-refractivity contribution in [1.82, 2.24) is 14.8 Å². The van der Waals surface area contributed by atoms with Crippen molar-refractivity contribution in [2.45, 2.75) is 26.3 Å². The second-order valence-electron chi connectivity index (χ2n) is 9.71. The fourth-order valence-corrected chi connectivity index (χ4v) is 4.63. The van der Waals surface area contributed by atoms with E-state index in [1.54, 1.807) is 43.4 Å². The number of benzene rings is 3. The number of aryl methyl sites for hydroxylation is 1. The summed E-state index contributed by atoms with van der Waals surface area (Å²) in [5, 5.41) is 1.16. The number of para-hydroxylation sites is 1. The van der Waals surface area contributed by atoms with Crippen LogP contribution in [0.4, 0.5) is 0 Å². The molecule has 204 valence electrons. The molecule has 1 N–H and O–H groups in total. The second kappa shape index (κ2) is 13.6. The lowest BCUT2D eigenvalue weighted by molar-refractivity contribution is -0.132. The van der Waals surface area contributed by atoms with Crippen LogP contribution in [0.3, 0.4) is 0 Å². The highest BCUT2D eigenvalue weighted by molar-refractivity contribution is 5.96. The van der Waals surface area contributed by atoms with E-state index in [0.29, 0.717) is 50.4 Å². The topological polar surface area (TPSA) is 74.9 Å². The van der Waals surface area contributed by atoms with Crippen molar-refractivity contribution in [3.8, 4) is 5.75 Å². The van der Waals surface area contributed by atoms with Crippen LogP contribution in [0.1, 0.15) is 33.5 Å². The summed E-state index contributed by atoms with van der Waals surface area (Å²) in [6, 6.07) is 23.4. The van der Waals surface area contributed by atoms with Crippen molar-refractivity contribution in [2.75, 3.05) is 40.5 Å². The van der Waals surface area contributed by atoms with Crippen molar-refractivity contribution in [1.29, 1.82) is 0 Å². The highest BCUT2D eigenvalue weighted by Crippen LogP contribution is 2.19. The molecule has 0 saturated carbocycles. The van der Waals surface area contributed by atoms with E-state index >= 15 is 0 Å². The van der Waals surface area contributed by atoms with Gasteiger partial charge < -0.3 is 24.3 Å². The number of carbonyl (C=O) groups excluding carboxylic acids is 2. The number of hydrogen-bond acceptors (Lipinski definition) is 4. The number of nitrogens with one attached hydrogen (secondary N) is 1. The maximum Gasteiger partial charge on any atom is 0.254 e. The Morgan fingerprint density at radius 2 is 1.62 bits per heavy atom. The van der Waals surface area contributed by atoms with Crippen molar-refractivity contribution in [3.05, 3.63) is 101 Å². The fourth-order valence-electron chi connectivity index (χ4n) is 4.63. The third kappa shape index (κ3) is 7.48. The maximum absolute atomic E-state index is 13.8. The van der Waals surface area contributed by atoms with E-state index in [-0.39, 0.29) is 18.4 Å². The molecule has 0 unspecified atom stereocenters. The monoisotopic (exact) mass is 527 g/mol. The number of aromatic nitrogens is 1. The Hall–Kier alpha value is -4.10. The Balaban J connectivity index is 1.53. The third-order valence-electron chi connectivity index (χ3n) is 6.90. The number of fused-ring (bicyclic) bond motifs is 1. The number of hydrogen-bond donors (Lipinski definition) is 1. The summed E-state index contributed by atoms with van der Waals surface area (Å²) in [4.78, 5) is 34.0. The molecule has 2 amide bonds. The molecule has 3 aromatic carbocycles. The summed E-state index contributed by atoms with van der Waals surface area (Å²) in [6.45, 7) is 3.99. The SMILES string of the molecule is COCCCN(CC(=O)N(CCc1c[nH]c2ccccc12)Cc1ccc(C)cc1)C(=O)c1ccc(OC)cc1. The van der Waals surface area contributed by atoms with E-state index in [1.807, 2.05) is 30.2 Å². The minimum atomic E-state index is -0.186. The van der Waals surface area contributed by atoms with Gasteiger partial charge in [-0.2, -0.15) is 0 Å². The van der Waals surface area contributed by atoms with Gasteiger partial charge in [0.25, 0.3) is 5.91 Å².